The van der Waals surface area contributed by atoms with Gasteiger partial charge in [0.1, 0.15) is 0 Å². The van der Waals surface area contributed by atoms with Crippen LogP contribution >= 0.6 is 0 Å². The summed E-state index contributed by atoms with van der Waals surface area (Å²) >= 11 is 0. The Kier molecular flexibility index (Phi) is 73.8. The second-order valence-electron chi connectivity index (χ2n) is 27.4. The van der Waals surface area contributed by atoms with Crippen LogP contribution in [0.5, 0.6) is 0 Å². The smallest absolute Gasteiger partial charge is 0.305 e. The lowest BCUT2D eigenvalue weighted by Crippen LogP contribution is -2.45. The Bertz CT molecular complexity index is 1290. The first kappa shape index (κ1) is 83.6. The second kappa shape index (κ2) is 75.1. The number of nitrogens with one attached hydrogen (secondary N) is 1. The highest BCUT2D eigenvalue weighted by Crippen LogP contribution is 2.20. The molecule has 0 saturated heterocycles. The number of esters is 1. The fraction of sp³-hybridized carbons (Fsp3) is 0.949. The predicted molar refractivity (Wildman–Crippen MR) is 375 cm³/mol. The third-order valence-corrected chi connectivity index (χ3v) is 18.8. The van der Waals surface area contributed by atoms with Crippen molar-refractivity contribution in [1.82, 2.24) is 5.32 Å². The van der Waals surface area contributed by atoms with E-state index in [1.54, 1.807) is 0 Å². The van der Waals surface area contributed by atoms with E-state index >= 15 is 0 Å². The molecule has 0 aliphatic heterocycles. The van der Waals surface area contributed by atoms with Gasteiger partial charge in [-0.15, -0.1) is 0 Å². The molecule has 6 nitrogen and oxygen atoms in total. The summed E-state index contributed by atoms with van der Waals surface area (Å²) in [6.45, 7) is 5.00. The minimum absolute atomic E-state index is 0.0275. The molecule has 0 rings (SSSR count). The molecule has 0 spiro atoms. The zero-order chi connectivity index (χ0) is 61.3. The normalized spacial score (nSPS) is 12.5. The molecule has 0 radical (unpaired) electrons. The van der Waals surface area contributed by atoms with E-state index in [2.05, 4.69) is 31.3 Å². The largest absolute Gasteiger partial charge is 0.466 e. The average molecular weight is 1200 g/mol. The first-order chi connectivity index (χ1) is 42.0. The van der Waals surface area contributed by atoms with Crippen LogP contribution in [0.3, 0.4) is 0 Å². The van der Waals surface area contributed by atoms with Gasteiger partial charge in [-0.3, -0.25) is 9.59 Å². The van der Waals surface area contributed by atoms with Gasteiger partial charge in [-0.05, 0) is 51.4 Å². The number of hydrogen-bond donors (Lipinski definition) is 3. The number of rotatable bonds is 75. The molecule has 0 fully saturated rings. The molecule has 0 aliphatic rings. The maximum atomic E-state index is 12.5. The molecule has 506 valence electrons. The van der Waals surface area contributed by atoms with Gasteiger partial charge in [-0.25, -0.2) is 0 Å². The van der Waals surface area contributed by atoms with Crippen molar-refractivity contribution in [3.8, 4) is 0 Å². The number of carbonyl (C=O) groups is 2. The Morgan fingerprint density at radius 3 is 0.835 bits per heavy atom. The number of ether oxygens (including phenoxy) is 1. The average Bonchev–Trinajstić information content (AvgIpc) is 3.52. The quantitative estimate of drug-likeness (QED) is 0.0320. The van der Waals surface area contributed by atoms with Crippen LogP contribution in [0.4, 0.5) is 0 Å². The zero-order valence-corrected chi connectivity index (χ0v) is 58.1. The number of hydrogen-bond acceptors (Lipinski definition) is 5. The van der Waals surface area contributed by atoms with Gasteiger partial charge >= 0.3 is 5.97 Å². The predicted octanol–water partition coefficient (Wildman–Crippen LogP) is 25.9. The van der Waals surface area contributed by atoms with Gasteiger partial charge in [0, 0.05) is 12.8 Å². The molecule has 0 aromatic rings. The van der Waals surface area contributed by atoms with Crippen LogP contribution in [-0.2, 0) is 14.3 Å². The molecule has 6 heteroatoms. The molecular weight excluding hydrogens is 1040 g/mol. The molecule has 85 heavy (non-hydrogen) atoms. The summed E-state index contributed by atoms with van der Waals surface area (Å²) in [5.74, 6) is -0.000743. The van der Waals surface area contributed by atoms with Crippen LogP contribution in [0.1, 0.15) is 457 Å². The number of aliphatic hydroxyl groups excluding tert-OH is 2. The molecule has 0 aromatic heterocycles. The maximum Gasteiger partial charge on any atom is 0.305 e. The summed E-state index contributed by atoms with van der Waals surface area (Å²) in [7, 11) is 0. The molecule has 3 N–H and O–H groups in total. The number of amides is 1. The van der Waals surface area contributed by atoms with E-state index in [0.29, 0.717) is 25.9 Å². The molecule has 2 unspecified atom stereocenters. The Morgan fingerprint density at radius 2 is 0.553 bits per heavy atom. The van der Waals surface area contributed by atoms with E-state index in [1.807, 2.05) is 0 Å². The van der Waals surface area contributed by atoms with Gasteiger partial charge < -0.3 is 20.3 Å². The van der Waals surface area contributed by atoms with Gasteiger partial charge in [0.05, 0.1) is 25.4 Å². The zero-order valence-electron chi connectivity index (χ0n) is 58.1. The third-order valence-electron chi connectivity index (χ3n) is 18.8. The molecular formula is C79H155NO5. The van der Waals surface area contributed by atoms with Gasteiger partial charge in [0.2, 0.25) is 5.91 Å². The first-order valence-electron chi connectivity index (χ1n) is 39.4. The second-order valence-corrected chi connectivity index (χ2v) is 27.4. The molecule has 0 heterocycles. The van der Waals surface area contributed by atoms with Crippen LogP contribution in [0.15, 0.2) is 12.2 Å². The van der Waals surface area contributed by atoms with E-state index in [4.69, 9.17) is 4.74 Å². The van der Waals surface area contributed by atoms with Crippen LogP contribution in [-0.4, -0.2) is 47.4 Å². The van der Waals surface area contributed by atoms with Crippen LogP contribution in [0.25, 0.3) is 0 Å². The summed E-state index contributed by atoms with van der Waals surface area (Å²) in [5, 5.41) is 23.3. The van der Waals surface area contributed by atoms with Crippen molar-refractivity contribution < 1.29 is 24.5 Å². The number of unbranched alkanes of at least 4 members (excludes halogenated alkanes) is 62. The third kappa shape index (κ3) is 71.6. The van der Waals surface area contributed by atoms with E-state index in [0.717, 1.165) is 38.5 Å². The maximum absolute atomic E-state index is 12.5. The Labute approximate surface area is 533 Å². The van der Waals surface area contributed by atoms with Crippen molar-refractivity contribution in [2.24, 2.45) is 0 Å². The lowest BCUT2D eigenvalue weighted by Gasteiger charge is -2.22. The summed E-state index contributed by atoms with van der Waals surface area (Å²) < 4.78 is 5.52. The van der Waals surface area contributed by atoms with Gasteiger partial charge in [0.15, 0.2) is 0 Å². The van der Waals surface area contributed by atoms with Crippen molar-refractivity contribution in [1.29, 1.82) is 0 Å². The van der Waals surface area contributed by atoms with E-state index in [1.165, 1.54) is 385 Å². The molecule has 2 atom stereocenters. The van der Waals surface area contributed by atoms with Crippen molar-refractivity contribution in [2.75, 3.05) is 13.2 Å². The van der Waals surface area contributed by atoms with Crippen molar-refractivity contribution in [3.05, 3.63) is 12.2 Å². The molecule has 1 amide bonds. The highest BCUT2D eigenvalue weighted by molar-refractivity contribution is 5.76. The topological polar surface area (TPSA) is 95.9 Å². The lowest BCUT2D eigenvalue weighted by molar-refractivity contribution is -0.143. The number of carbonyl (C=O) groups excluding carboxylic acids is 2. The monoisotopic (exact) mass is 1200 g/mol. The minimum atomic E-state index is -0.659. The summed E-state index contributed by atoms with van der Waals surface area (Å²) in [6.07, 6.45) is 94.6. The molecule has 0 bridgehead atoms. The van der Waals surface area contributed by atoms with Crippen molar-refractivity contribution in [2.45, 2.75) is 469 Å². The van der Waals surface area contributed by atoms with Crippen molar-refractivity contribution >= 4 is 11.9 Å². The molecule has 0 aromatic carbocycles. The van der Waals surface area contributed by atoms with E-state index < -0.39 is 12.1 Å². The SMILES string of the molecule is CCCCCCCCCCCCCCCCCCCC(=O)OCCCCCCCCCCCCCCCCCCCC/C=C\CCCCCCCCCCCCCCCCCCCC(=O)NC(CO)C(O)CCCCCCCCCCCCCC. The standard InChI is InChI=1S/C79H155NO5/c1-3-5-7-9-11-13-15-17-18-42-46-49-53-57-61-65-69-73-79(84)85-74-70-66-62-58-54-50-47-44-41-39-37-35-33-31-29-27-25-23-21-19-20-22-24-26-28-30-32-34-36-38-40-43-45-48-52-56-60-64-68-72-78(83)80-76(75-81)77(82)71-67-63-59-55-51-16-14-12-10-8-6-4-2/h19-20,76-77,81-82H,3-18,21-75H2,1-2H3,(H,80,83)/b20-19-. The summed E-state index contributed by atoms with van der Waals surface area (Å²) in [5.41, 5.74) is 0. The van der Waals surface area contributed by atoms with E-state index in [-0.39, 0.29) is 18.5 Å². The van der Waals surface area contributed by atoms with Gasteiger partial charge in [-0.2, -0.15) is 0 Å². The van der Waals surface area contributed by atoms with Crippen molar-refractivity contribution in [3.63, 3.8) is 0 Å². The Morgan fingerprint density at radius 1 is 0.318 bits per heavy atom. The van der Waals surface area contributed by atoms with E-state index in [9.17, 15) is 19.8 Å². The Hall–Kier alpha value is -1.40. The molecule has 0 aliphatic carbocycles. The van der Waals surface area contributed by atoms with Crippen LogP contribution < -0.4 is 5.32 Å². The fourth-order valence-electron chi connectivity index (χ4n) is 12.8. The van der Waals surface area contributed by atoms with Gasteiger partial charge in [-0.1, -0.05) is 405 Å². The number of allylic oxidation sites excluding steroid dienone is 2. The first-order valence-corrected chi connectivity index (χ1v) is 39.4. The summed E-state index contributed by atoms with van der Waals surface area (Å²) in [4.78, 5) is 24.6. The lowest BCUT2D eigenvalue weighted by atomic mass is 10.0. The highest BCUT2D eigenvalue weighted by atomic mass is 16.5. The summed E-state index contributed by atoms with van der Waals surface area (Å²) in [6, 6.07) is -0.536. The van der Waals surface area contributed by atoms with Crippen LogP contribution in [0.2, 0.25) is 0 Å². The number of aliphatic hydroxyl groups is 2. The minimum Gasteiger partial charge on any atom is -0.466 e. The highest BCUT2D eigenvalue weighted by Gasteiger charge is 2.20. The van der Waals surface area contributed by atoms with Crippen LogP contribution in [0, 0.1) is 0 Å². The van der Waals surface area contributed by atoms with Gasteiger partial charge in [0.25, 0.3) is 0 Å². The fourth-order valence-corrected chi connectivity index (χ4v) is 12.8. The Balaban J connectivity index is 3.29. The molecule has 0 saturated carbocycles.